The normalized spacial score (nSPS) is 21.4. The lowest BCUT2D eigenvalue weighted by molar-refractivity contribution is -0.155. The summed E-state index contributed by atoms with van der Waals surface area (Å²) in [5.74, 6) is -3.56. The Labute approximate surface area is 394 Å². The Balaban J connectivity index is 1.47. The number of amides is 4. The molecule has 2 aromatic carbocycles. The fourth-order valence-electron chi connectivity index (χ4n) is 9.86. The molecule has 5 atom stereocenters. The minimum Gasteiger partial charge on any atom is -0.464 e. The first-order valence-corrected chi connectivity index (χ1v) is 23.4. The van der Waals surface area contributed by atoms with Gasteiger partial charge in [-0.3, -0.25) is 34.0 Å². The Bertz CT molecular complexity index is 2470. The summed E-state index contributed by atoms with van der Waals surface area (Å²) in [5, 5.41) is 5.22. The number of allylic oxidation sites excluding steroid dienone is 2. The quantitative estimate of drug-likeness (QED) is 0.0886. The van der Waals surface area contributed by atoms with Gasteiger partial charge in [-0.1, -0.05) is 59.1 Å². The molecule has 4 amide bonds. The number of methoxy groups -OCH3 is 1. The Hall–Kier alpha value is -5.93. The average molecular weight is 922 g/mol. The summed E-state index contributed by atoms with van der Waals surface area (Å²) in [6.45, 7) is 22.9. The smallest absolute Gasteiger partial charge is 0.324 e. The van der Waals surface area contributed by atoms with Crippen LogP contribution in [-0.4, -0.2) is 120 Å². The molecule has 67 heavy (non-hydrogen) atoms. The molecule has 0 spiro atoms. The molecular weight excluding hydrogens is 854 g/mol. The van der Waals surface area contributed by atoms with E-state index in [0.717, 1.165) is 33.3 Å². The summed E-state index contributed by atoms with van der Waals surface area (Å²) < 4.78 is 30.1. The third-order valence-corrected chi connectivity index (χ3v) is 13.3. The highest BCUT2D eigenvalue weighted by molar-refractivity contribution is 5.96. The van der Waals surface area contributed by atoms with Gasteiger partial charge in [-0.25, -0.2) is 9.82 Å². The highest BCUT2D eigenvalue weighted by Gasteiger charge is 2.40. The molecule has 2 fully saturated rings. The number of hydrogen-bond acceptors (Lipinski definition) is 9. The number of fused-ring (bicyclic) bond motifs is 6. The number of carbonyl (C=O) groups is 5. The molecule has 6 rings (SSSR count). The number of likely N-dealkylation sites (N-methyl/N-ethyl adjacent to an activating group) is 1. The zero-order valence-corrected chi connectivity index (χ0v) is 40.6. The molecule has 3 aliphatic rings. The maximum absolute atomic E-state index is 16.0. The molecule has 0 saturated carbocycles. The zero-order chi connectivity index (χ0) is 48.9. The van der Waals surface area contributed by atoms with Gasteiger partial charge < -0.3 is 29.2 Å². The maximum atomic E-state index is 16.0. The van der Waals surface area contributed by atoms with Gasteiger partial charge in [-0.2, -0.15) is 0 Å². The Morgan fingerprint density at radius 3 is 2.48 bits per heavy atom. The van der Waals surface area contributed by atoms with Crippen LogP contribution in [0.3, 0.4) is 0 Å². The summed E-state index contributed by atoms with van der Waals surface area (Å²) in [6, 6.07) is 7.61. The van der Waals surface area contributed by atoms with E-state index >= 15 is 4.39 Å². The zero-order valence-electron chi connectivity index (χ0n) is 40.6. The van der Waals surface area contributed by atoms with E-state index < -0.39 is 53.1 Å². The van der Waals surface area contributed by atoms with Crippen molar-refractivity contribution in [1.82, 2.24) is 30.1 Å². The van der Waals surface area contributed by atoms with Gasteiger partial charge in [0.25, 0.3) is 5.91 Å². The van der Waals surface area contributed by atoms with Crippen molar-refractivity contribution < 1.29 is 37.8 Å². The minimum absolute atomic E-state index is 0.0652. The highest BCUT2D eigenvalue weighted by atomic mass is 19.1. The number of nitrogens with one attached hydrogen (secondary N) is 2. The molecule has 0 unspecified atom stereocenters. The van der Waals surface area contributed by atoms with Crippen molar-refractivity contribution in [3.8, 4) is 11.1 Å². The summed E-state index contributed by atoms with van der Waals surface area (Å²) in [6.07, 6.45) is 6.10. The van der Waals surface area contributed by atoms with Crippen LogP contribution in [0.15, 0.2) is 72.4 Å². The number of likely N-dealkylation sites (tertiary alicyclic amines) is 1. The van der Waals surface area contributed by atoms with Gasteiger partial charge in [0.05, 0.1) is 30.0 Å². The SMILES string of the molecule is C=CC(=O)N1CC[C@H](C(=O)N(C)[C@H](C(=O)N[C@H]2Cc3cc(F)cc(c3)-c3ccc4c(c3)c(c(/C(C=C)=C(/N=C\C)[C@H](C)OC)n4CC)CC(C)(C)COC(=O)[C@@H]3CCCN(N3)C2=O)C(C)C)C1. The molecule has 4 heterocycles. The van der Waals surface area contributed by atoms with Crippen molar-refractivity contribution in [2.45, 2.75) is 111 Å². The number of cyclic esters (lactones) is 1. The molecule has 6 bridgehead atoms. The van der Waals surface area contributed by atoms with E-state index in [4.69, 9.17) is 14.5 Å². The van der Waals surface area contributed by atoms with E-state index in [9.17, 15) is 24.0 Å². The van der Waals surface area contributed by atoms with Crippen LogP contribution in [0.5, 0.6) is 0 Å². The van der Waals surface area contributed by atoms with Crippen LogP contribution in [0.1, 0.15) is 84.5 Å². The number of aromatic nitrogens is 1. The van der Waals surface area contributed by atoms with Gasteiger partial charge >= 0.3 is 5.97 Å². The summed E-state index contributed by atoms with van der Waals surface area (Å²) in [7, 11) is 3.20. The number of halogens is 1. The van der Waals surface area contributed by atoms with Crippen LogP contribution in [0.2, 0.25) is 0 Å². The van der Waals surface area contributed by atoms with Crippen LogP contribution >= 0.6 is 0 Å². The number of carbonyl (C=O) groups excluding carboxylic acids is 5. The van der Waals surface area contributed by atoms with Crippen molar-refractivity contribution in [3.05, 3.63) is 90.0 Å². The van der Waals surface area contributed by atoms with Crippen LogP contribution in [-0.2, 0) is 52.8 Å². The van der Waals surface area contributed by atoms with Crippen molar-refractivity contribution in [1.29, 1.82) is 0 Å². The lowest BCUT2D eigenvalue weighted by atomic mass is 9.84. The molecule has 0 aliphatic carbocycles. The number of hydrogen-bond donors (Lipinski definition) is 2. The van der Waals surface area contributed by atoms with E-state index in [1.807, 2.05) is 59.7 Å². The van der Waals surface area contributed by atoms with E-state index in [0.29, 0.717) is 55.6 Å². The first-order valence-electron chi connectivity index (χ1n) is 23.4. The van der Waals surface area contributed by atoms with Crippen LogP contribution in [0.25, 0.3) is 27.6 Å². The van der Waals surface area contributed by atoms with Gasteiger partial charge in [-0.05, 0) is 105 Å². The molecule has 3 aromatic rings. The van der Waals surface area contributed by atoms with E-state index in [-0.39, 0.29) is 50.0 Å². The summed E-state index contributed by atoms with van der Waals surface area (Å²) in [4.78, 5) is 77.1. The fourth-order valence-corrected chi connectivity index (χ4v) is 9.86. The molecule has 14 nitrogen and oxygen atoms in total. The number of hydrazine groups is 1. The lowest BCUT2D eigenvalue weighted by Gasteiger charge is -2.37. The predicted molar refractivity (Wildman–Crippen MR) is 259 cm³/mol. The van der Waals surface area contributed by atoms with E-state index in [1.165, 1.54) is 28.1 Å². The van der Waals surface area contributed by atoms with Crippen LogP contribution in [0.4, 0.5) is 4.39 Å². The molecule has 0 radical (unpaired) electrons. The van der Waals surface area contributed by atoms with Crippen LogP contribution in [0, 0.1) is 23.1 Å². The second-order valence-corrected chi connectivity index (χ2v) is 19.1. The highest BCUT2D eigenvalue weighted by Crippen LogP contribution is 2.40. The molecule has 3 aliphatic heterocycles. The molecule has 2 N–H and O–H groups in total. The molecule has 1 aromatic heterocycles. The Kier molecular flexibility index (Phi) is 16.1. The van der Waals surface area contributed by atoms with Gasteiger partial charge in [0.15, 0.2) is 0 Å². The molecule has 15 heteroatoms. The van der Waals surface area contributed by atoms with Gasteiger partial charge in [-0.15, -0.1) is 0 Å². The molecule has 2 saturated heterocycles. The number of ether oxygens (including phenoxy) is 2. The monoisotopic (exact) mass is 922 g/mol. The number of benzene rings is 2. The first kappa shape index (κ1) is 50.5. The third-order valence-electron chi connectivity index (χ3n) is 13.3. The topological polar surface area (TPSA) is 155 Å². The Morgan fingerprint density at radius 1 is 1.07 bits per heavy atom. The number of nitrogens with zero attached hydrogens (tertiary/aromatic N) is 5. The molecular formula is C52H68FN7O7. The average Bonchev–Trinajstić information content (AvgIpc) is 3.92. The van der Waals surface area contributed by atoms with Crippen molar-refractivity contribution >= 4 is 52.3 Å². The maximum Gasteiger partial charge on any atom is 0.324 e. The number of aliphatic imine (C=N–C) groups is 1. The number of esters is 1. The third kappa shape index (κ3) is 10.9. The standard InChI is InChI=1S/C52H68FN7O7/c1-12-38(45(54-14-3)32(7)66-11)47-40-28-52(8,9)30-67-51(65)41-17-16-21-60(56-41)50(64)42(25-33-23-36(26-37(53)24-33)34-18-19-43(39(40)27-34)59(47)15-4)55-48(62)46(31(5)6)57(10)49(63)35-20-22-58(29-35)44(61)13-2/h12-14,18-19,23-24,26-27,31-32,35,41-42,46,56H,1-2,15-17,20-22,25,28-30H2,3-11H3,(H,55,62)/b45-38+,54-14-/t32-,35-,41-,42-,46-/m0/s1. The number of aryl methyl sites for hydroxylation is 1. The summed E-state index contributed by atoms with van der Waals surface area (Å²) in [5.41, 5.74) is 8.59. The van der Waals surface area contributed by atoms with Gasteiger partial charge in [0.1, 0.15) is 23.9 Å². The van der Waals surface area contributed by atoms with E-state index in [2.05, 4.69) is 41.5 Å². The fraction of sp³-hybridized carbons (Fsp3) is 0.500. The minimum atomic E-state index is -1.23. The van der Waals surface area contributed by atoms with Gasteiger partial charge in [0.2, 0.25) is 17.7 Å². The lowest BCUT2D eigenvalue weighted by Crippen LogP contribution is -2.62. The van der Waals surface area contributed by atoms with Crippen molar-refractivity contribution in [3.63, 3.8) is 0 Å². The second kappa shape index (κ2) is 21.4. The van der Waals surface area contributed by atoms with Gasteiger partial charge in [0, 0.05) is 74.9 Å². The Morgan fingerprint density at radius 2 is 1.82 bits per heavy atom. The predicted octanol–water partition coefficient (Wildman–Crippen LogP) is 6.66. The van der Waals surface area contributed by atoms with Crippen molar-refractivity contribution in [2.24, 2.45) is 22.2 Å². The second-order valence-electron chi connectivity index (χ2n) is 19.1. The van der Waals surface area contributed by atoms with E-state index in [1.54, 1.807) is 31.3 Å². The van der Waals surface area contributed by atoms with Crippen molar-refractivity contribution in [2.75, 3.05) is 40.4 Å². The molecule has 360 valence electrons. The largest absolute Gasteiger partial charge is 0.464 e. The summed E-state index contributed by atoms with van der Waals surface area (Å²) >= 11 is 0. The van der Waals surface area contributed by atoms with Crippen LogP contribution < -0.4 is 10.7 Å². The number of rotatable bonds is 12. The first-order chi connectivity index (χ1) is 31.9.